The number of aryl methyl sites for hydroxylation is 1. The van der Waals surface area contributed by atoms with Crippen molar-refractivity contribution in [2.45, 2.75) is 26.7 Å². The molecule has 1 amide bonds. The molecule has 21 heavy (non-hydrogen) atoms. The Morgan fingerprint density at radius 3 is 2.52 bits per heavy atom. The van der Waals surface area contributed by atoms with Crippen molar-refractivity contribution in [2.75, 3.05) is 20.2 Å². The highest BCUT2D eigenvalue weighted by Gasteiger charge is 2.18. The van der Waals surface area contributed by atoms with Gasteiger partial charge in [0, 0.05) is 13.0 Å². The summed E-state index contributed by atoms with van der Waals surface area (Å²) in [5, 5.41) is 8.90. The Morgan fingerprint density at radius 1 is 1.29 bits per heavy atom. The van der Waals surface area contributed by atoms with Crippen molar-refractivity contribution in [3.8, 4) is 5.75 Å². The van der Waals surface area contributed by atoms with Gasteiger partial charge in [-0.2, -0.15) is 0 Å². The Morgan fingerprint density at radius 2 is 1.95 bits per heavy atom. The van der Waals surface area contributed by atoms with Gasteiger partial charge in [-0.1, -0.05) is 32.0 Å². The molecule has 1 rings (SSSR count). The molecular weight excluding hydrogens is 270 g/mol. The van der Waals surface area contributed by atoms with E-state index in [1.807, 2.05) is 38.1 Å². The van der Waals surface area contributed by atoms with Crippen LogP contribution in [0.2, 0.25) is 0 Å². The third-order valence-corrected chi connectivity index (χ3v) is 3.07. The minimum atomic E-state index is -0.985. The number of ether oxygens (including phenoxy) is 1. The molecule has 0 bridgehead atoms. The molecule has 0 radical (unpaired) electrons. The van der Waals surface area contributed by atoms with Crippen LogP contribution >= 0.6 is 0 Å². The summed E-state index contributed by atoms with van der Waals surface area (Å²) in [5.41, 5.74) is 0.952. The molecule has 1 aromatic carbocycles. The van der Waals surface area contributed by atoms with Crippen molar-refractivity contribution in [2.24, 2.45) is 5.92 Å². The topological polar surface area (TPSA) is 66.8 Å². The Balaban J connectivity index is 2.66. The number of hydrogen-bond acceptors (Lipinski definition) is 3. The van der Waals surface area contributed by atoms with Crippen LogP contribution in [0.4, 0.5) is 0 Å². The highest BCUT2D eigenvalue weighted by Crippen LogP contribution is 2.19. The fraction of sp³-hybridized carbons (Fsp3) is 0.500. The lowest BCUT2D eigenvalue weighted by Gasteiger charge is -2.23. The smallest absolute Gasteiger partial charge is 0.323 e. The van der Waals surface area contributed by atoms with E-state index >= 15 is 0 Å². The van der Waals surface area contributed by atoms with Gasteiger partial charge in [0.1, 0.15) is 12.3 Å². The molecule has 0 aliphatic carbocycles. The maximum atomic E-state index is 12.2. The molecule has 0 saturated carbocycles. The second-order valence-electron chi connectivity index (χ2n) is 5.37. The molecule has 1 N–H and O–H groups in total. The summed E-state index contributed by atoms with van der Waals surface area (Å²) >= 11 is 0. The van der Waals surface area contributed by atoms with E-state index in [1.54, 1.807) is 7.11 Å². The van der Waals surface area contributed by atoms with Crippen LogP contribution in [0.25, 0.3) is 0 Å². The lowest BCUT2D eigenvalue weighted by molar-refractivity contribution is -0.144. The molecule has 116 valence electrons. The summed E-state index contributed by atoms with van der Waals surface area (Å²) in [6, 6.07) is 7.53. The number of carbonyl (C=O) groups excluding carboxylic acids is 1. The molecule has 5 heteroatoms. The standard InChI is InChI=1S/C16H23NO4/c1-12(2)10-17(11-16(19)20)15(18)9-8-13-6-4-5-7-14(13)21-3/h4-7,12H,8-11H2,1-3H3,(H,19,20). The fourth-order valence-corrected chi connectivity index (χ4v) is 2.17. The van der Waals surface area contributed by atoms with Crippen LogP contribution in [-0.2, 0) is 16.0 Å². The van der Waals surface area contributed by atoms with Crippen molar-refractivity contribution in [3.05, 3.63) is 29.8 Å². The Kier molecular flexibility index (Phi) is 6.72. The number of carboxylic acid groups (broad SMARTS) is 1. The molecule has 0 aliphatic heterocycles. The third kappa shape index (κ3) is 5.85. The Hall–Kier alpha value is -2.04. The van der Waals surface area contributed by atoms with E-state index in [1.165, 1.54) is 4.90 Å². The summed E-state index contributed by atoms with van der Waals surface area (Å²) in [6.45, 7) is 4.13. The average Bonchev–Trinajstić information content (AvgIpc) is 2.43. The number of carbonyl (C=O) groups is 2. The second kappa shape index (κ2) is 8.29. The maximum absolute atomic E-state index is 12.2. The number of methoxy groups -OCH3 is 1. The maximum Gasteiger partial charge on any atom is 0.323 e. The zero-order chi connectivity index (χ0) is 15.8. The van der Waals surface area contributed by atoms with E-state index in [0.29, 0.717) is 13.0 Å². The van der Waals surface area contributed by atoms with Crippen LogP contribution in [0.1, 0.15) is 25.8 Å². The molecule has 0 aliphatic rings. The number of nitrogens with zero attached hydrogens (tertiary/aromatic N) is 1. The molecule has 0 spiro atoms. The summed E-state index contributed by atoms with van der Waals surface area (Å²) < 4.78 is 5.25. The van der Waals surface area contributed by atoms with E-state index in [4.69, 9.17) is 9.84 Å². The fourth-order valence-electron chi connectivity index (χ4n) is 2.17. The Bertz CT molecular complexity index is 485. The lowest BCUT2D eigenvalue weighted by atomic mass is 10.1. The van der Waals surface area contributed by atoms with Crippen molar-refractivity contribution < 1.29 is 19.4 Å². The Labute approximate surface area is 125 Å². The molecule has 5 nitrogen and oxygen atoms in total. The van der Waals surface area contributed by atoms with Crippen molar-refractivity contribution in [3.63, 3.8) is 0 Å². The quantitative estimate of drug-likeness (QED) is 0.798. The van der Waals surface area contributed by atoms with Crippen LogP contribution in [0.15, 0.2) is 24.3 Å². The van der Waals surface area contributed by atoms with E-state index in [9.17, 15) is 9.59 Å². The van der Waals surface area contributed by atoms with Gasteiger partial charge in [-0.3, -0.25) is 9.59 Å². The molecule has 0 aromatic heterocycles. The molecule has 0 unspecified atom stereocenters. The summed E-state index contributed by atoms with van der Waals surface area (Å²) in [7, 11) is 1.59. The molecule has 0 saturated heterocycles. The van der Waals surface area contributed by atoms with Crippen LogP contribution < -0.4 is 4.74 Å². The van der Waals surface area contributed by atoms with Crippen molar-refractivity contribution in [1.82, 2.24) is 4.90 Å². The van der Waals surface area contributed by atoms with E-state index in [-0.39, 0.29) is 24.8 Å². The summed E-state index contributed by atoms with van der Waals surface area (Å²) in [6.07, 6.45) is 0.817. The summed E-state index contributed by atoms with van der Waals surface area (Å²) in [5.74, 6) is -0.142. The number of rotatable bonds is 8. The normalized spacial score (nSPS) is 10.5. The molecule has 0 atom stereocenters. The molecular formula is C16H23NO4. The van der Waals surface area contributed by atoms with Gasteiger partial charge < -0.3 is 14.7 Å². The van der Waals surface area contributed by atoms with Gasteiger partial charge in [0.05, 0.1) is 7.11 Å². The van der Waals surface area contributed by atoms with Crippen molar-refractivity contribution in [1.29, 1.82) is 0 Å². The molecule has 1 aromatic rings. The van der Waals surface area contributed by atoms with Gasteiger partial charge in [-0.15, -0.1) is 0 Å². The second-order valence-corrected chi connectivity index (χ2v) is 5.37. The highest BCUT2D eigenvalue weighted by atomic mass is 16.5. The summed E-state index contributed by atoms with van der Waals surface area (Å²) in [4.78, 5) is 24.5. The zero-order valence-electron chi connectivity index (χ0n) is 12.8. The number of aliphatic carboxylic acids is 1. The van der Waals surface area contributed by atoms with Crippen LogP contribution in [0.3, 0.4) is 0 Å². The molecule has 0 fully saturated rings. The third-order valence-electron chi connectivity index (χ3n) is 3.07. The van der Waals surface area contributed by atoms with Crippen LogP contribution in [-0.4, -0.2) is 42.1 Å². The van der Waals surface area contributed by atoms with Gasteiger partial charge in [0.2, 0.25) is 5.91 Å². The number of carboxylic acids is 1. The zero-order valence-corrected chi connectivity index (χ0v) is 12.8. The first-order valence-corrected chi connectivity index (χ1v) is 7.05. The number of para-hydroxylation sites is 1. The van der Waals surface area contributed by atoms with Crippen molar-refractivity contribution >= 4 is 11.9 Å². The van der Waals surface area contributed by atoms with Gasteiger partial charge in [-0.25, -0.2) is 0 Å². The average molecular weight is 293 g/mol. The minimum Gasteiger partial charge on any atom is -0.496 e. The largest absolute Gasteiger partial charge is 0.496 e. The first-order chi connectivity index (χ1) is 9.93. The van der Waals surface area contributed by atoms with E-state index in [0.717, 1.165) is 11.3 Å². The highest BCUT2D eigenvalue weighted by molar-refractivity contribution is 5.81. The monoisotopic (exact) mass is 293 g/mol. The van der Waals surface area contributed by atoms with Crippen LogP contribution in [0, 0.1) is 5.92 Å². The number of amides is 1. The SMILES string of the molecule is COc1ccccc1CCC(=O)N(CC(=O)O)CC(C)C. The van der Waals surface area contributed by atoms with Gasteiger partial charge in [0.25, 0.3) is 0 Å². The lowest BCUT2D eigenvalue weighted by Crippen LogP contribution is -2.38. The van der Waals surface area contributed by atoms with Crippen LogP contribution in [0.5, 0.6) is 5.75 Å². The molecule has 0 heterocycles. The minimum absolute atomic E-state index is 0.142. The first kappa shape index (κ1) is 17.0. The van der Waals surface area contributed by atoms with Gasteiger partial charge in [-0.05, 0) is 24.0 Å². The van der Waals surface area contributed by atoms with E-state index < -0.39 is 5.97 Å². The van der Waals surface area contributed by atoms with Gasteiger partial charge in [0.15, 0.2) is 0 Å². The number of hydrogen-bond donors (Lipinski definition) is 1. The van der Waals surface area contributed by atoms with E-state index in [2.05, 4.69) is 0 Å². The predicted molar refractivity (Wildman–Crippen MR) is 80.4 cm³/mol. The first-order valence-electron chi connectivity index (χ1n) is 7.05. The van der Waals surface area contributed by atoms with Gasteiger partial charge >= 0.3 is 5.97 Å². The number of benzene rings is 1. The predicted octanol–water partition coefficient (Wildman–Crippen LogP) is 2.20.